The summed E-state index contributed by atoms with van der Waals surface area (Å²) in [7, 11) is 1.45. The quantitative estimate of drug-likeness (QED) is 0.849. The van der Waals surface area contributed by atoms with E-state index in [9.17, 15) is 4.79 Å². The predicted octanol–water partition coefficient (Wildman–Crippen LogP) is 4.12. The highest BCUT2D eigenvalue weighted by atomic mass is 35.5. The standard InChI is InChI=1S/C16H22ClNO2/c1-11-3-5-12(6-4-11)15(16(19)20-2)18-14-9-7-13(17)8-10-14/h7-12,15,18H,3-6H2,1-2H3. The smallest absolute Gasteiger partial charge is 0.328 e. The molecular formula is C16H22ClNO2. The van der Waals surface area contributed by atoms with Crippen LogP contribution < -0.4 is 5.32 Å². The molecule has 1 unspecified atom stereocenters. The summed E-state index contributed by atoms with van der Waals surface area (Å²) in [5.74, 6) is 0.925. The minimum absolute atomic E-state index is 0.181. The first-order valence-electron chi connectivity index (χ1n) is 7.20. The summed E-state index contributed by atoms with van der Waals surface area (Å²) in [6, 6.07) is 7.16. The van der Waals surface area contributed by atoms with Crippen LogP contribution >= 0.6 is 11.6 Å². The Morgan fingerprint density at radius 3 is 2.40 bits per heavy atom. The van der Waals surface area contributed by atoms with Crippen LogP contribution in [0.2, 0.25) is 5.02 Å². The molecule has 0 aliphatic heterocycles. The minimum atomic E-state index is -0.270. The van der Waals surface area contributed by atoms with Crippen molar-refractivity contribution in [1.29, 1.82) is 0 Å². The van der Waals surface area contributed by atoms with Gasteiger partial charge in [-0.3, -0.25) is 0 Å². The number of halogens is 1. The molecule has 1 saturated carbocycles. The molecule has 20 heavy (non-hydrogen) atoms. The van der Waals surface area contributed by atoms with Crippen LogP contribution in [0.15, 0.2) is 24.3 Å². The number of esters is 1. The number of carbonyl (C=O) groups excluding carboxylic acids is 1. The Bertz CT molecular complexity index is 438. The van der Waals surface area contributed by atoms with Gasteiger partial charge < -0.3 is 10.1 Å². The number of methoxy groups -OCH3 is 1. The molecule has 1 aromatic rings. The van der Waals surface area contributed by atoms with E-state index in [-0.39, 0.29) is 12.0 Å². The van der Waals surface area contributed by atoms with Crippen molar-refractivity contribution in [2.75, 3.05) is 12.4 Å². The molecular weight excluding hydrogens is 274 g/mol. The van der Waals surface area contributed by atoms with E-state index >= 15 is 0 Å². The van der Waals surface area contributed by atoms with Gasteiger partial charge in [0.1, 0.15) is 6.04 Å². The van der Waals surface area contributed by atoms with E-state index in [0.29, 0.717) is 10.9 Å². The zero-order chi connectivity index (χ0) is 14.5. The molecule has 1 aromatic carbocycles. The van der Waals surface area contributed by atoms with E-state index < -0.39 is 0 Å². The summed E-state index contributed by atoms with van der Waals surface area (Å²) < 4.78 is 4.96. The third-order valence-electron chi connectivity index (χ3n) is 4.15. The van der Waals surface area contributed by atoms with Gasteiger partial charge >= 0.3 is 5.97 Å². The fourth-order valence-corrected chi connectivity index (χ4v) is 2.97. The number of anilines is 1. The maximum absolute atomic E-state index is 12.1. The molecule has 0 spiro atoms. The van der Waals surface area contributed by atoms with Crippen LogP contribution in [0.5, 0.6) is 0 Å². The number of rotatable bonds is 4. The number of hydrogen-bond donors (Lipinski definition) is 1. The summed E-state index contributed by atoms with van der Waals surface area (Å²) in [4.78, 5) is 12.1. The number of ether oxygens (including phenoxy) is 1. The van der Waals surface area contributed by atoms with Crippen molar-refractivity contribution in [3.63, 3.8) is 0 Å². The van der Waals surface area contributed by atoms with Gasteiger partial charge in [-0.05, 0) is 48.9 Å². The highest BCUT2D eigenvalue weighted by molar-refractivity contribution is 6.30. The second-order valence-electron chi connectivity index (χ2n) is 5.67. The van der Waals surface area contributed by atoms with Gasteiger partial charge in [-0.2, -0.15) is 0 Å². The number of benzene rings is 1. The van der Waals surface area contributed by atoms with Crippen molar-refractivity contribution in [2.45, 2.75) is 38.6 Å². The number of hydrogen-bond acceptors (Lipinski definition) is 3. The minimum Gasteiger partial charge on any atom is -0.467 e. The Balaban J connectivity index is 2.07. The molecule has 1 atom stereocenters. The third-order valence-corrected chi connectivity index (χ3v) is 4.41. The second kappa shape index (κ2) is 6.98. The lowest BCUT2D eigenvalue weighted by molar-refractivity contribution is -0.143. The molecule has 110 valence electrons. The first-order chi connectivity index (χ1) is 9.60. The summed E-state index contributed by atoms with van der Waals surface area (Å²) in [5, 5.41) is 4.00. The Labute approximate surface area is 125 Å². The fraction of sp³-hybridized carbons (Fsp3) is 0.562. The van der Waals surface area contributed by atoms with Gasteiger partial charge in [0.05, 0.1) is 7.11 Å². The molecule has 1 N–H and O–H groups in total. The third kappa shape index (κ3) is 3.89. The molecule has 0 amide bonds. The van der Waals surface area contributed by atoms with Crippen molar-refractivity contribution < 1.29 is 9.53 Å². The molecule has 0 heterocycles. The molecule has 0 saturated heterocycles. The fourth-order valence-electron chi connectivity index (χ4n) is 2.84. The topological polar surface area (TPSA) is 38.3 Å². The molecule has 0 aromatic heterocycles. The van der Waals surface area contributed by atoms with Gasteiger partial charge in [-0.25, -0.2) is 4.79 Å². The highest BCUT2D eigenvalue weighted by Gasteiger charge is 2.31. The molecule has 1 aliphatic carbocycles. The Morgan fingerprint density at radius 2 is 1.85 bits per heavy atom. The summed E-state index contributed by atoms with van der Waals surface area (Å²) >= 11 is 5.88. The second-order valence-corrected chi connectivity index (χ2v) is 6.11. The van der Waals surface area contributed by atoms with Gasteiger partial charge in [0.25, 0.3) is 0 Å². The van der Waals surface area contributed by atoms with Gasteiger partial charge in [0.15, 0.2) is 0 Å². The number of nitrogens with one attached hydrogen (secondary N) is 1. The maximum Gasteiger partial charge on any atom is 0.328 e. The molecule has 3 nitrogen and oxygen atoms in total. The normalized spacial score (nSPS) is 23.9. The summed E-state index contributed by atoms with van der Waals surface area (Å²) in [6.45, 7) is 2.27. The van der Waals surface area contributed by atoms with Crippen LogP contribution in [-0.4, -0.2) is 19.1 Å². The van der Waals surface area contributed by atoms with E-state index in [0.717, 1.165) is 24.4 Å². The summed E-state index contributed by atoms with van der Waals surface area (Å²) in [6.07, 6.45) is 4.50. The molecule has 0 radical (unpaired) electrons. The van der Waals surface area contributed by atoms with Crippen molar-refractivity contribution >= 4 is 23.3 Å². The Hall–Kier alpha value is -1.22. The average Bonchev–Trinajstić information content (AvgIpc) is 2.47. The van der Waals surface area contributed by atoms with E-state index in [2.05, 4.69) is 12.2 Å². The zero-order valence-electron chi connectivity index (χ0n) is 12.1. The van der Waals surface area contributed by atoms with Crippen molar-refractivity contribution in [2.24, 2.45) is 11.8 Å². The molecule has 0 bridgehead atoms. The zero-order valence-corrected chi connectivity index (χ0v) is 12.8. The first-order valence-corrected chi connectivity index (χ1v) is 7.58. The lowest BCUT2D eigenvalue weighted by Gasteiger charge is -2.32. The van der Waals surface area contributed by atoms with Crippen LogP contribution in [-0.2, 0) is 9.53 Å². The van der Waals surface area contributed by atoms with Crippen molar-refractivity contribution in [3.8, 4) is 0 Å². The van der Waals surface area contributed by atoms with E-state index in [1.165, 1.54) is 20.0 Å². The van der Waals surface area contributed by atoms with Gasteiger partial charge in [-0.1, -0.05) is 31.4 Å². The highest BCUT2D eigenvalue weighted by Crippen LogP contribution is 2.32. The maximum atomic E-state index is 12.1. The summed E-state index contributed by atoms with van der Waals surface area (Å²) in [5.41, 5.74) is 0.906. The van der Waals surface area contributed by atoms with Gasteiger partial charge in [0, 0.05) is 10.7 Å². The van der Waals surface area contributed by atoms with Gasteiger partial charge in [0.2, 0.25) is 0 Å². The molecule has 2 rings (SSSR count). The lowest BCUT2D eigenvalue weighted by Crippen LogP contribution is -2.39. The predicted molar refractivity (Wildman–Crippen MR) is 82.0 cm³/mol. The monoisotopic (exact) mass is 295 g/mol. The molecule has 4 heteroatoms. The average molecular weight is 296 g/mol. The molecule has 1 aliphatic rings. The first kappa shape index (κ1) is 15.2. The van der Waals surface area contributed by atoms with E-state index in [4.69, 9.17) is 16.3 Å². The van der Waals surface area contributed by atoms with Crippen molar-refractivity contribution in [1.82, 2.24) is 0 Å². The Kier molecular flexibility index (Phi) is 5.30. The van der Waals surface area contributed by atoms with Crippen LogP contribution in [0.3, 0.4) is 0 Å². The van der Waals surface area contributed by atoms with E-state index in [1.807, 2.05) is 24.3 Å². The largest absolute Gasteiger partial charge is 0.467 e. The van der Waals surface area contributed by atoms with Crippen LogP contribution in [0.4, 0.5) is 5.69 Å². The van der Waals surface area contributed by atoms with Crippen LogP contribution in [0.1, 0.15) is 32.6 Å². The SMILES string of the molecule is COC(=O)C(Nc1ccc(Cl)cc1)C1CCC(C)CC1. The number of carbonyl (C=O) groups is 1. The van der Waals surface area contributed by atoms with Crippen LogP contribution in [0, 0.1) is 11.8 Å². The molecule has 1 fully saturated rings. The Morgan fingerprint density at radius 1 is 1.25 bits per heavy atom. The van der Waals surface area contributed by atoms with E-state index in [1.54, 1.807) is 0 Å². The van der Waals surface area contributed by atoms with Crippen molar-refractivity contribution in [3.05, 3.63) is 29.3 Å². The lowest BCUT2D eigenvalue weighted by atomic mass is 9.79. The van der Waals surface area contributed by atoms with Gasteiger partial charge in [-0.15, -0.1) is 0 Å². The van der Waals surface area contributed by atoms with Crippen LogP contribution in [0.25, 0.3) is 0 Å².